The predicted molar refractivity (Wildman–Crippen MR) is 61.5 cm³/mol. The zero-order valence-corrected chi connectivity index (χ0v) is 9.40. The van der Waals surface area contributed by atoms with Crippen molar-refractivity contribution in [1.82, 2.24) is 9.78 Å². The fourth-order valence-corrected chi connectivity index (χ4v) is 1.91. The second-order valence-electron chi connectivity index (χ2n) is 3.82. The van der Waals surface area contributed by atoms with E-state index < -0.39 is 5.97 Å². The van der Waals surface area contributed by atoms with Crippen molar-refractivity contribution in [2.24, 2.45) is 0 Å². The highest BCUT2D eigenvalue weighted by Crippen LogP contribution is 2.19. The zero-order chi connectivity index (χ0) is 11.7. The van der Waals surface area contributed by atoms with Gasteiger partial charge in [-0.15, -0.1) is 0 Å². The Morgan fingerprint density at radius 1 is 1.50 bits per heavy atom. The highest BCUT2D eigenvalue weighted by molar-refractivity contribution is 5.83. The van der Waals surface area contributed by atoms with Crippen LogP contribution >= 0.6 is 0 Å². The molecule has 0 saturated heterocycles. The maximum atomic E-state index is 10.6. The second-order valence-corrected chi connectivity index (χ2v) is 3.82. The molecular formula is C12H14N2O2. The maximum Gasteiger partial charge on any atom is 0.307 e. The smallest absolute Gasteiger partial charge is 0.307 e. The molecule has 0 bridgehead atoms. The van der Waals surface area contributed by atoms with Gasteiger partial charge in [0, 0.05) is 11.9 Å². The SMILES string of the molecule is CCn1nc(C)c2ccc(CC(=O)O)cc21. The standard InChI is InChI=1S/C12H14N2O2/c1-3-14-11-6-9(7-12(15)16)4-5-10(11)8(2)13-14/h4-6H,3,7H2,1-2H3,(H,15,16). The van der Waals surface area contributed by atoms with Crippen LogP contribution in [-0.2, 0) is 17.8 Å². The van der Waals surface area contributed by atoms with E-state index in [-0.39, 0.29) is 6.42 Å². The van der Waals surface area contributed by atoms with Gasteiger partial charge < -0.3 is 5.11 Å². The summed E-state index contributed by atoms with van der Waals surface area (Å²) in [6.07, 6.45) is 0.0594. The molecule has 4 nitrogen and oxygen atoms in total. The van der Waals surface area contributed by atoms with Crippen LogP contribution in [0.5, 0.6) is 0 Å². The minimum absolute atomic E-state index is 0.0594. The highest BCUT2D eigenvalue weighted by Gasteiger charge is 2.08. The Morgan fingerprint density at radius 3 is 2.88 bits per heavy atom. The van der Waals surface area contributed by atoms with Crippen molar-refractivity contribution in [3.05, 3.63) is 29.5 Å². The number of nitrogens with zero attached hydrogens (tertiary/aromatic N) is 2. The van der Waals surface area contributed by atoms with E-state index in [2.05, 4.69) is 5.10 Å². The molecule has 1 aromatic heterocycles. The summed E-state index contributed by atoms with van der Waals surface area (Å²) in [5, 5.41) is 14.2. The molecule has 0 saturated carbocycles. The minimum atomic E-state index is -0.807. The van der Waals surface area contributed by atoms with E-state index >= 15 is 0 Å². The maximum absolute atomic E-state index is 10.6. The molecule has 0 aliphatic rings. The Hall–Kier alpha value is -1.84. The zero-order valence-electron chi connectivity index (χ0n) is 9.40. The van der Waals surface area contributed by atoms with E-state index in [1.165, 1.54) is 0 Å². The van der Waals surface area contributed by atoms with Gasteiger partial charge in [0.05, 0.1) is 17.6 Å². The Labute approximate surface area is 93.5 Å². The monoisotopic (exact) mass is 218 g/mol. The van der Waals surface area contributed by atoms with E-state index in [4.69, 9.17) is 5.11 Å². The van der Waals surface area contributed by atoms with Gasteiger partial charge in [-0.2, -0.15) is 5.10 Å². The number of carbonyl (C=O) groups is 1. The van der Waals surface area contributed by atoms with Gasteiger partial charge in [-0.25, -0.2) is 0 Å². The number of hydrogen-bond acceptors (Lipinski definition) is 2. The molecule has 16 heavy (non-hydrogen) atoms. The van der Waals surface area contributed by atoms with Crippen molar-refractivity contribution in [1.29, 1.82) is 0 Å². The number of aryl methyl sites for hydroxylation is 2. The molecule has 2 aromatic rings. The lowest BCUT2D eigenvalue weighted by atomic mass is 10.1. The lowest BCUT2D eigenvalue weighted by molar-refractivity contribution is -0.136. The molecule has 4 heteroatoms. The number of fused-ring (bicyclic) bond motifs is 1. The van der Waals surface area contributed by atoms with Gasteiger partial charge in [-0.05, 0) is 25.5 Å². The summed E-state index contributed by atoms with van der Waals surface area (Å²) in [7, 11) is 0. The van der Waals surface area contributed by atoms with Crippen LogP contribution in [-0.4, -0.2) is 20.9 Å². The molecule has 0 fully saturated rings. The molecule has 2 rings (SSSR count). The summed E-state index contributed by atoms with van der Waals surface area (Å²) in [6, 6.07) is 5.71. The van der Waals surface area contributed by atoms with E-state index in [9.17, 15) is 4.79 Å². The molecule has 1 aromatic carbocycles. The van der Waals surface area contributed by atoms with Crippen molar-refractivity contribution in [2.75, 3.05) is 0 Å². The van der Waals surface area contributed by atoms with Crippen LogP contribution in [0.15, 0.2) is 18.2 Å². The first kappa shape index (κ1) is 10.7. The van der Waals surface area contributed by atoms with Crippen LogP contribution in [0.25, 0.3) is 10.9 Å². The van der Waals surface area contributed by atoms with Crippen LogP contribution in [0.3, 0.4) is 0 Å². The molecule has 1 heterocycles. The van der Waals surface area contributed by atoms with Crippen LogP contribution in [0.4, 0.5) is 0 Å². The summed E-state index contributed by atoms with van der Waals surface area (Å²) in [5.74, 6) is -0.807. The predicted octanol–water partition coefficient (Wildman–Crippen LogP) is 1.99. The lowest BCUT2D eigenvalue weighted by Crippen LogP contribution is -2.01. The number of carboxylic acid groups (broad SMARTS) is 1. The first-order valence-electron chi connectivity index (χ1n) is 5.29. The van der Waals surface area contributed by atoms with Crippen LogP contribution in [0, 0.1) is 6.92 Å². The molecule has 0 spiro atoms. The molecule has 1 N–H and O–H groups in total. The normalized spacial score (nSPS) is 10.9. The molecular weight excluding hydrogens is 204 g/mol. The number of aliphatic carboxylic acids is 1. The first-order valence-corrected chi connectivity index (χ1v) is 5.29. The Balaban J connectivity index is 2.55. The largest absolute Gasteiger partial charge is 0.481 e. The van der Waals surface area contributed by atoms with E-state index in [0.29, 0.717) is 0 Å². The van der Waals surface area contributed by atoms with Crippen LogP contribution in [0.2, 0.25) is 0 Å². The van der Waals surface area contributed by atoms with E-state index in [1.54, 1.807) is 0 Å². The van der Waals surface area contributed by atoms with Gasteiger partial charge in [0.25, 0.3) is 0 Å². The molecule has 0 radical (unpaired) electrons. The van der Waals surface area contributed by atoms with Crippen LogP contribution < -0.4 is 0 Å². The third kappa shape index (κ3) is 1.78. The quantitative estimate of drug-likeness (QED) is 0.857. The fourth-order valence-electron chi connectivity index (χ4n) is 1.91. The van der Waals surface area contributed by atoms with E-state index in [1.807, 2.05) is 36.7 Å². The molecule has 0 aliphatic heterocycles. The van der Waals surface area contributed by atoms with E-state index in [0.717, 1.165) is 28.7 Å². The lowest BCUT2D eigenvalue weighted by Gasteiger charge is -2.00. The Morgan fingerprint density at radius 2 is 2.25 bits per heavy atom. The fraction of sp³-hybridized carbons (Fsp3) is 0.333. The first-order chi connectivity index (χ1) is 7.61. The topological polar surface area (TPSA) is 55.1 Å². The van der Waals surface area contributed by atoms with Gasteiger partial charge in [-0.1, -0.05) is 12.1 Å². The van der Waals surface area contributed by atoms with Gasteiger partial charge in [0.1, 0.15) is 0 Å². The second kappa shape index (κ2) is 3.96. The van der Waals surface area contributed by atoms with Gasteiger partial charge in [-0.3, -0.25) is 9.48 Å². The average Bonchev–Trinajstić information content (AvgIpc) is 2.54. The molecule has 0 unspecified atom stereocenters. The number of hydrogen-bond donors (Lipinski definition) is 1. The van der Waals surface area contributed by atoms with Crippen molar-refractivity contribution < 1.29 is 9.90 Å². The third-order valence-electron chi connectivity index (χ3n) is 2.66. The minimum Gasteiger partial charge on any atom is -0.481 e. The average molecular weight is 218 g/mol. The summed E-state index contributed by atoms with van der Waals surface area (Å²) in [6.45, 7) is 4.78. The van der Waals surface area contributed by atoms with Crippen molar-refractivity contribution in [2.45, 2.75) is 26.8 Å². The van der Waals surface area contributed by atoms with Gasteiger partial charge in [0.15, 0.2) is 0 Å². The van der Waals surface area contributed by atoms with Crippen LogP contribution in [0.1, 0.15) is 18.2 Å². The third-order valence-corrected chi connectivity index (χ3v) is 2.66. The van der Waals surface area contributed by atoms with Crippen molar-refractivity contribution >= 4 is 16.9 Å². The van der Waals surface area contributed by atoms with Crippen molar-refractivity contribution in [3.8, 4) is 0 Å². The molecule has 0 amide bonds. The summed E-state index contributed by atoms with van der Waals surface area (Å²) in [4.78, 5) is 10.6. The Bertz CT molecular complexity index is 543. The highest BCUT2D eigenvalue weighted by atomic mass is 16.4. The molecule has 84 valence electrons. The summed E-state index contributed by atoms with van der Waals surface area (Å²) in [5.41, 5.74) is 2.81. The number of carboxylic acids is 1. The number of rotatable bonds is 3. The molecule has 0 aliphatic carbocycles. The van der Waals surface area contributed by atoms with Gasteiger partial charge >= 0.3 is 5.97 Å². The summed E-state index contributed by atoms with van der Waals surface area (Å²) < 4.78 is 1.90. The number of benzene rings is 1. The van der Waals surface area contributed by atoms with Crippen molar-refractivity contribution in [3.63, 3.8) is 0 Å². The summed E-state index contributed by atoms with van der Waals surface area (Å²) >= 11 is 0. The van der Waals surface area contributed by atoms with Gasteiger partial charge in [0.2, 0.25) is 0 Å². The number of aromatic nitrogens is 2. The Kier molecular flexibility index (Phi) is 2.64. The molecule has 0 atom stereocenters.